The number of nitrogens with two attached hydrogens (primary N) is 1. The lowest BCUT2D eigenvalue weighted by molar-refractivity contribution is -0.131. The molecule has 2 aliphatic carbocycles. The monoisotopic (exact) mass is 522 g/mol. The first-order valence-electron chi connectivity index (χ1n) is 14.2. The standard InChI is InChI=1S/C31H43FN4O2/c1-20(2)14-21-15-24(18-31(3,17-21)30(38)36-26-10-12-34-13-11-26)28(33)29(37)35-19-23-7-5-4-6-22-8-9-25(32)16-27(22)23/h8-13,16,20-21,23-24,28H,4-7,14-15,17-19,33H2,1-3H3,(H,35,37)(H,34,36,38). The average Bonchev–Trinajstić information content (AvgIpc) is 3.08. The summed E-state index contributed by atoms with van der Waals surface area (Å²) in [4.78, 5) is 30.8. The predicted octanol–water partition coefficient (Wildman–Crippen LogP) is 5.58. The number of rotatable bonds is 8. The fourth-order valence-corrected chi connectivity index (χ4v) is 6.72. The predicted molar refractivity (Wildman–Crippen MR) is 149 cm³/mol. The Hall–Kier alpha value is -2.80. The Balaban J connectivity index is 1.44. The molecule has 1 saturated carbocycles. The minimum atomic E-state index is -0.698. The van der Waals surface area contributed by atoms with E-state index >= 15 is 0 Å². The number of fused-ring (bicyclic) bond motifs is 1. The van der Waals surface area contributed by atoms with Crippen LogP contribution in [0.3, 0.4) is 0 Å². The van der Waals surface area contributed by atoms with Crippen LogP contribution in [0, 0.1) is 29.0 Å². The Morgan fingerprint density at radius 1 is 1.16 bits per heavy atom. The lowest BCUT2D eigenvalue weighted by Crippen LogP contribution is -2.51. The van der Waals surface area contributed by atoms with Crippen molar-refractivity contribution in [2.24, 2.45) is 28.9 Å². The lowest BCUT2D eigenvalue weighted by atomic mass is 9.62. The van der Waals surface area contributed by atoms with E-state index in [9.17, 15) is 14.0 Å². The van der Waals surface area contributed by atoms with Crippen molar-refractivity contribution in [3.63, 3.8) is 0 Å². The third-order valence-corrected chi connectivity index (χ3v) is 8.51. The minimum Gasteiger partial charge on any atom is -0.354 e. The minimum absolute atomic E-state index is 0.0353. The van der Waals surface area contributed by atoms with Crippen LogP contribution in [0.4, 0.5) is 10.1 Å². The number of aromatic nitrogens is 1. The van der Waals surface area contributed by atoms with E-state index in [-0.39, 0.29) is 29.5 Å². The van der Waals surface area contributed by atoms with E-state index in [2.05, 4.69) is 29.5 Å². The summed E-state index contributed by atoms with van der Waals surface area (Å²) >= 11 is 0. The molecule has 1 heterocycles. The molecule has 0 bridgehead atoms. The molecule has 1 aromatic heterocycles. The van der Waals surface area contributed by atoms with Gasteiger partial charge in [-0.1, -0.05) is 33.3 Å². The van der Waals surface area contributed by atoms with Crippen LogP contribution < -0.4 is 16.4 Å². The highest BCUT2D eigenvalue weighted by Gasteiger charge is 2.45. The molecular formula is C31H43FN4O2. The summed E-state index contributed by atoms with van der Waals surface area (Å²) in [5.41, 5.74) is 8.89. The SMILES string of the molecule is CC(C)CC1CC(C(N)C(=O)NCC2CCCCc3ccc(F)cc32)CC(C)(C(=O)Nc2ccncc2)C1. The first-order valence-corrected chi connectivity index (χ1v) is 14.2. The summed E-state index contributed by atoms with van der Waals surface area (Å²) in [5, 5.41) is 6.15. The second-order valence-electron chi connectivity index (χ2n) is 12.2. The Labute approximate surface area is 226 Å². The Morgan fingerprint density at radius 2 is 1.92 bits per heavy atom. The number of hydrogen-bond acceptors (Lipinski definition) is 4. The number of nitrogens with one attached hydrogen (secondary N) is 2. The van der Waals surface area contributed by atoms with E-state index < -0.39 is 11.5 Å². The number of nitrogens with zero attached hydrogens (tertiary/aromatic N) is 1. The highest BCUT2D eigenvalue weighted by Crippen LogP contribution is 2.46. The smallest absolute Gasteiger partial charge is 0.237 e. The zero-order chi connectivity index (χ0) is 27.3. The van der Waals surface area contributed by atoms with Crippen molar-refractivity contribution in [3.05, 3.63) is 59.7 Å². The molecule has 1 aromatic carbocycles. The second kappa shape index (κ2) is 12.4. The van der Waals surface area contributed by atoms with Crippen molar-refractivity contribution in [3.8, 4) is 0 Å². The molecule has 4 N–H and O–H groups in total. The number of pyridine rings is 1. The van der Waals surface area contributed by atoms with Crippen LogP contribution in [-0.2, 0) is 16.0 Å². The molecule has 2 amide bonds. The molecule has 206 valence electrons. The maximum atomic E-state index is 14.0. The second-order valence-corrected chi connectivity index (χ2v) is 12.2. The van der Waals surface area contributed by atoms with Gasteiger partial charge in [0.15, 0.2) is 0 Å². The largest absolute Gasteiger partial charge is 0.354 e. The van der Waals surface area contributed by atoms with Gasteiger partial charge in [-0.25, -0.2) is 4.39 Å². The van der Waals surface area contributed by atoms with E-state index in [0.29, 0.717) is 24.8 Å². The van der Waals surface area contributed by atoms with Crippen LogP contribution in [0.1, 0.15) is 82.8 Å². The van der Waals surface area contributed by atoms with Gasteiger partial charge in [0, 0.05) is 36.0 Å². The molecule has 5 atom stereocenters. The van der Waals surface area contributed by atoms with Gasteiger partial charge >= 0.3 is 0 Å². The fourth-order valence-electron chi connectivity index (χ4n) is 6.72. The molecule has 7 heteroatoms. The Bertz CT molecular complexity index is 1110. The van der Waals surface area contributed by atoms with Crippen LogP contribution in [0.5, 0.6) is 0 Å². The van der Waals surface area contributed by atoms with Gasteiger partial charge in [-0.3, -0.25) is 14.6 Å². The molecule has 4 rings (SSSR count). The van der Waals surface area contributed by atoms with Crippen LogP contribution in [0.15, 0.2) is 42.7 Å². The molecule has 0 aliphatic heterocycles. The van der Waals surface area contributed by atoms with Gasteiger partial charge in [0.1, 0.15) is 5.82 Å². The van der Waals surface area contributed by atoms with E-state index in [1.807, 2.05) is 13.0 Å². The van der Waals surface area contributed by atoms with E-state index in [4.69, 9.17) is 5.73 Å². The molecule has 1 fully saturated rings. The van der Waals surface area contributed by atoms with E-state index in [1.54, 1.807) is 30.6 Å². The topological polar surface area (TPSA) is 97.1 Å². The zero-order valence-corrected chi connectivity index (χ0v) is 23.0. The number of anilines is 1. The maximum absolute atomic E-state index is 14.0. The summed E-state index contributed by atoms with van der Waals surface area (Å²) < 4.78 is 14.0. The van der Waals surface area contributed by atoms with Gasteiger partial charge in [-0.05, 0) is 98.1 Å². The first-order chi connectivity index (χ1) is 18.1. The number of carbonyl (C=O) groups excluding carboxylic acids is 2. The molecule has 0 radical (unpaired) electrons. The van der Waals surface area contributed by atoms with Crippen molar-refractivity contribution in [2.45, 2.75) is 84.1 Å². The molecule has 0 saturated heterocycles. The highest BCUT2D eigenvalue weighted by molar-refractivity contribution is 5.95. The normalized spacial score (nSPS) is 26.2. The molecule has 2 aromatic rings. The summed E-state index contributed by atoms with van der Waals surface area (Å²) in [6, 6.07) is 7.89. The van der Waals surface area contributed by atoms with Crippen molar-refractivity contribution < 1.29 is 14.0 Å². The van der Waals surface area contributed by atoms with Gasteiger partial charge < -0.3 is 16.4 Å². The summed E-state index contributed by atoms with van der Waals surface area (Å²) in [6.45, 7) is 6.84. The van der Waals surface area contributed by atoms with Gasteiger partial charge in [0.2, 0.25) is 11.8 Å². The van der Waals surface area contributed by atoms with Crippen molar-refractivity contribution in [2.75, 3.05) is 11.9 Å². The quantitative estimate of drug-likeness (QED) is 0.394. The van der Waals surface area contributed by atoms with Gasteiger partial charge in [-0.15, -0.1) is 0 Å². The summed E-state index contributed by atoms with van der Waals surface area (Å²) in [6.07, 6.45) is 10.5. The van der Waals surface area contributed by atoms with Gasteiger partial charge in [-0.2, -0.15) is 0 Å². The molecule has 38 heavy (non-hydrogen) atoms. The number of benzene rings is 1. The maximum Gasteiger partial charge on any atom is 0.237 e. The third-order valence-electron chi connectivity index (χ3n) is 8.51. The molecule has 2 aliphatic rings. The van der Waals surface area contributed by atoms with Crippen molar-refractivity contribution in [1.82, 2.24) is 10.3 Å². The number of hydrogen-bond donors (Lipinski definition) is 3. The van der Waals surface area contributed by atoms with Crippen molar-refractivity contribution >= 4 is 17.5 Å². The molecule has 5 unspecified atom stereocenters. The van der Waals surface area contributed by atoms with Gasteiger partial charge in [0.25, 0.3) is 0 Å². The highest BCUT2D eigenvalue weighted by atomic mass is 19.1. The van der Waals surface area contributed by atoms with Crippen LogP contribution >= 0.6 is 0 Å². The fraction of sp³-hybridized carbons (Fsp3) is 0.581. The molecule has 0 spiro atoms. The summed E-state index contributed by atoms with van der Waals surface area (Å²) in [7, 11) is 0. The number of carbonyl (C=O) groups is 2. The third kappa shape index (κ3) is 6.99. The van der Waals surface area contributed by atoms with Gasteiger partial charge in [0.05, 0.1) is 6.04 Å². The number of halogens is 1. The van der Waals surface area contributed by atoms with E-state index in [0.717, 1.165) is 56.2 Å². The zero-order valence-electron chi connectivity index (χ0n) is 23.0. The van der Waals surface area contributed by atoms with Crippen LogP contribution in [-0.4, -0.2) is 29.4 Å². The molecular weight excluding hydrogens is 479 g/mol. The number of aryl methyl sites for hydroxylation is 1. The average molecular weight is 523 g/mol. The molecule has 6 nitrogen and oxygen atoms in total. The number of amides is 2. The van der Waals surface area contributed by atoms with Crippen LogP contribution in [0.25, 0.3) is 0 Å². The van der Waals surface area contributed by atoms with Crippen molar-refractivity contribution in [1.29, 1.82) is 0 Å². The van der Waals surface area contributed by atoms with E-state index in [1.165, 1.54) is 11.6 Å². The lowest BCUT2D eigenvalue weighted by Gasteiger charge is -2.43. The Morgan fingerprint density at radius 3 is 2.66 bits per heavy atom. The first kappa shape index (κ1) is 28.2. The van der Waals surface area contributed by atoms with Crippen LogP contribution in [0.2, 0.25) is 0 Å². The Kier molecular flexibility index (Phi) is 9.19. The summed E-state index contributed by atoms with van der Waals surface area (Å²) in [5.74, 6) is 0.340.